The SMILES string of the molecule is CC(CC#N)NCc1cc(Cl)cc(Cl)c1. The molecule has 15 heavy (non-hydrogen) atoms. The highest BCUT2D eigenvalue weighted by atomic mass is 35.5. The highest BCUT2D eigenvalue weighted by Crippen LogP contribution is 2.18. The zero-order valence-electron chi connectivity index (χ0n) is 8.43. The largest absolute Gasteiger partial charge is 0.309 e. The van der Waals surface area contributed by atoms with Crippen molar-refractivity contribution in [2.24, 2.45) is 0 Å². The van der Waals surface area contributed by atoms with Crippen molar-refractivity contribution >= 4 is 23.2 Å². The Labute approximate surface area is 99.8 Å². The quantitative estimate of drug-likeness (QED) is 0.879. The number of nitriles is 1. The van der Waals surface area contributed by atoms with Crippen LogP contribution < -0.4 is 5.32 Å². The van der Waals surface area contributed by atoms with Gasteiger partial charge in [0.25, 0.3) is 0 Å². The van der Waals surface area contributed by atoms with Crippen molar-refractivity contribution in [1.82, 2.24) is 5.32 Å². The van der Waals surface area contributed by atoms with Crippen LogP contribution in [0.1, 0.15) is 18.9 Å². The van der Waals surface area contributed by atoms with Crippen LogP contribution in [0.3, 0.4) is 0 Å². The van der Waals surface area contributed by atoms with E-state index in [-0.39, 0.29) is 6.04 Å². The Morgan fingerprint density at radius 3 is 2.47 bits per heavy atom. The number of benzene rings is 1. The number of nitrogens with zero attached hydrogens (tertiary/aromatic N) is 1. The molecule has 0 spiro atoms. The fourth-order valence-corrected chi connectivity index (χ4v) is 1.79. The summed E-state index contributed by atoms with van der Waals surface area (Å²) in [4.78, 5) is 0. The van der Waals surface area contributed by atoms with E-state index in [0.717, 1.165) is 5.56 Å². The minimum atomic E-state index is 0.174. The molecule has 0 saturated carbocycles. The molecule has 4 heteroatoms. The molecule has 0 amide bonds. The van der Waals surface area contributed by atoms with Crippen molar-refractivity contribution in [1.29, 1.82) is 5.26 Å². The molecule has 1 atom stereocenters. The molecule has 1 unspecified atom stereocenters. The summed E-state index contributed by atoms with van der Waals surface area (Å²) in [5, 5.41) is 13.0. The van der Waals surface area contributed by atoms with Gasteiger partial charge in [-0.3, -0.25) is 0 Å². The van der Waals surface area contributed by atoms with Crippen LogP contribution in [0.5, 0.6) is 0 Å². The first kappa shape index (κ1) is 12.3. The van der Waals surface area contributed by atoms with Gasteiger partial charge in [0.15, 0.2) is 0 Å². The Kier molecular flexibility index (Phi) is 4.90. The first-order chi connectivity index (χ1) is 7.11. The number of halogens is 2. The first-order valence-corrected chi connectivity index (χ1v) is 5.42. The first-order valence-electron chi connectivity index (χ1n) is 4.67. The summed E-state index contributed by atoms with van der Waals surface area (Å²) < 4.78 is 0. The van der Waals surface area contributed by atoms with Gasteiger partial charge in [-0.25, -0.2) is 0 Å². The van der Waals surface area contributed by atoms with Crippen LogP contribution in [0.4, 0.5) is 0 Å². The molecule has 1 aromatic rings. The Bertz CT molecular complexity index is 351. The van der Waals surface area contributed by atoms with Crippen LogP contribution in [-0.2, 0) is 6.54 Å². The maximum atomic E-state index is 8.49. The monoisotopic (exact) mass is 242 g/mol. The number of hydrogen-bond donors (Lipinski definition) is 1. The second-order valence-corrected chi connectivity index (χ2v) is 4.29. The molecule has 0 aliphatic rings. The van der Waals surface area contributed by atoms with Crippen molar-refractivity contribution in [3.63, 3.8) is 0 Å². The van der Waals surface area contributed by atoms with E-state index in [1.54, 1.807) is 6.07 Å². The van der Waals surface area contributed by atoms with Crippen molar-refractivity contribution in [2.45, 2.75) is 25.9 Å². The number of rotatable bonds is 4. The third-order valence-electron chi connectivity index (χ3n) is 1.97. The minimum absolute atomic E-state index is 0.174. The average molecular weight is 243 g/mol. The minimum Gasteiger partial charge on any atom is -0.309 e. The van der Waals surface area contributed by atoms with Crippen LogP contribution in [0.25, 0.3) is 0 Å². The van der Waals surface area contributed by atoms with E-state index in [0.29, 0.717) is 23.0 Å². The van der Waals surface area contributed by atoms with Gasteiger partial charge in [0, 0.05) is 22.6 Å². The van der Waals surface area contributed by atoms with Gasteiger partial charge < -0.3 is 5.32 Å². The molecule has 1 N–H and O–H groups in total. The average Bonchev–Trinajstić information content (AvgIpc) is 2.14. The second-order valence-electron chi connectivity index (χ2n) is 3.42. The molecule has 0 saturated heterocycles. The van der Waals surface area contributed by atoms with E-state index >= 15 is 0 Å². The number of hydrogen-bond acceptors (Lipinski definition) is 2. The zero-order chi connectivity index (χ0) is 11.3. The van der Waals surface area contributed by atoms with Gasteiger partial charge in [0.2, 0.25) is 0 Å². The maximum absolute atomic E-state index is 8.49. The standard InChI is InChI=1S/C11H12Cl2N2/c1-8(2-3-14)15-7-9-4-10(12)6-11(13)5-9/h4-6,8,15H,2,7H2,1H3. The van der Waals surface area contributed by atoms with Crippen molar-refractivity contribution in [3.05, 3.63) is 33.8 Å². The predicted molar refractivity (Wildman–Crippen MR) is 63.0 cm³/mol. The van der Waals surface area contributed by atoms with Crippen molar-refractivity contribution in [2.75, 3.05) is 0 Å². The lowest BCUT2D eigenvalue weighted by Crippen LogP contribution is -2.24. The van der Waals surface area contributed by atoms with E-state index in [1.165, 1.54) is 0 Å². The highest BCUT2D eigenvalue weighted by Gasteiger charge is 2.02. The third-order valence-corrected chi connectivity index (χ3v) is 2.41. The van der Waals surface area contributed by atoms with Crippen LogP contribution in [0, 0.1) is 11.3 Å². The van der Waals surface area contributed by atoms with Crippen molar-refractivity contribution < 1.29 is 0 Å². The van der Waals surface area contributed by atoms with Crippen molar-refractivity contribution in [3.8, 4) is 6.07 Å². The second kappa shape index (κ2) is 5.97. The molecule has 0 radical (unpaired) electrons. The Morgan fingerprint density at radius 2 is 1.93 bits per heavy atom. The molecular weight excluding hydrogens is 231 g/mol. The highest BCUT2D eigenvalue weighted by molar-refractivity contribution is 6.34. The molecule has 0 aromatic heterocycles. The van der Waals surface area contributed by atoms with Crippen LogP contribution in [-0.4, -0.2) is 6.04 Å². The van der Waals surface area contributed by atoms with Gasteiger partial charge >= 0.3 is 0 Å². The molecule has 0 aliphatic heterocycles. The van der Waals surface area contributed by atoms with Crippen LogP contribution in [0.2, 0.25) is 10.0 Å². The summed E-state index contributed by atoms with van der Waals surface area (Å²) in [5.41, 5.74) is 1.03. The molecule has 2 nitrogen and oxygen atoms in total. The summed E-state index contributed by atoms with van der Waals surface area (Å²) in [7, 11) is 0. The Morgan fingerprint density at radius 1 is 1.33 bits per heavy atom. The Hall–Kier alpha value is -0.750. The van der Waals surface area contributed by atoms with Gasteiger partial charge in [0.05, 0.1) is 12.5 Å². The zero-order valence-corrected chi connectivity index (χ0v) is 9.94. The molecule has 0 fully saturated rings. The van der Waals surface area contributed by atoms with Gasteiger partial charge in [-0.2, -0.15) is 5.26 Å². The van der Waals surface area contributed by atoms with E-state index < -0.39 is 0 Å². The predicted octanol–water partition coefficient (Wildman–Crippen LogP) is 3.39. The van der Waals surface area contributed by atoms with Gasteiger partial charge in [-0.1, -0.05) is 23.2 Å². The van der Waals surface area contributed by atoms with E-state index in [4.69, 9.17) is 28.5 Å². The summed E-state index contributed by atoms with van der Waals surface area (Å²) in [6, 6.07) is 7.71. The lowest BCUT2D eigenvalue weighted by molar-refractivity contribution is 0.557. The van der Waals surface area contributed by atoms with Crippen LogP contribution in [0.15, 0.2) is 18.2 Å². The normalized spacial score (nSPS) is 12.1. The summed E-state index contributed by atoms with van der Waals surface area (Å²) in [5.74, 6) is 0. The molecular formula is C11H12Cl2N2. The fourth-order valence-electron chi connectivity index (χ4n) is 1.21. The lowest BCUT2D eigenvalue weighted by Gasteiger charge is -2.10. The molecule has 0 bridgehead atoms. The molecule has 0 heterocycles. The van der Waals surface area contributed by atoms with E-state index in [1.807, 2.05) is 19.1 Å². The topological polar surface area (TPSA) is 35.8 Å². The van der Waals surface area contributed by atoms with Crippen LogP contribution >= 0.6 is 23.2 Å². The van der Waals surface area contributed by atoms with Gasteiger partial charge in [0.1, 0.15) is 0 Å². The van der Waals surface area contributed by atoms with E-state index in [2.05, 4.69) is 11.4 Å². The summed E-state index contributed by atoms with van der Waals surface area (Å²) in [6.45, 7) is 2.64. The molecule has 80 valence electrons. The fraction of sp³-hybridized carbons (Fsp3) is 0.364. The summed E-state index contributed by atoms with van der Waals surface area (Å²) in [6.07, 6.45) is 0.494. The third kappa shape index (κ3) is 4.53. The van der Waals surface area contributed by atoms with Gasteiger partial charge in [-0.05, 0) is 30.7 Å². The Balaban J connectivity index is 2.54. The smallest absolute Gasteiger partial charge is 0.0638 e. The van der Waals surface area contributed by atoms with E-state index in [9.17, 15) is 0 Å². The number of nitrogens with one attached hydrogen (secondary N) is 1. The molecule has 0 aliphatic carbocycles. The van der Waals surface area contributed by atoms with Gasteiger partial charge in [-0.15, -0.1) is 0 Å². The maximum Gasteiger partial charge on any atom is 0.0638 e. The molecule has 1 rings (SSSR count). The lowest BCUT2D eigenvalue weighted by atomic mass is 10.2. The summed E-state index contributed by atoms with van der Waals surface area (Å²) >= 11 is 11.7. The molecule has 1 aromatic carbocycles.